The lowest BCUT2D eigenvalue weighted by Gasteiger charge is -2.29. The van der Waals surface area contributed by atoms with E-state index in [1.807, 2.05) is 0 Å². The highest BCUT2D eigenvalue weighted by Crippen LogP contribution is 2.25. The third-order valence-electron chi connectivity index (χ3n) is 3.09. The Hall–Kier alpha value is 0.270. The summed E-state index contributed by atoms with van der Waals surface area (Å²) in [6.07, 6.45) is 7.49. The van der Waals surface area contributed by atoms with E-state index < -0.39 is 0 Å². The first kappa shape index (κ1) is 14.3. The molecule has 1 aliphatic carbocycles. The number of nitrogens with one attached hydrogen (secondary N) is 1. The van der Waals surface area contributed by atoms with E-state index >= 15 is 0 Å². The molecule has 0 amide bonds. The standard InChI is InChI=1S/C13H27NOS/c1-3-9-16-10-5-4-8-13(2,11-15)14-12-6-7-12/h12,14-15H,3-11H2,1-2H3. The molecular weight excluding hydrogens is 218 g/mol. The molecule has 0 aliphatic heterocycles. The Morgan fingerprint density at radius 1 is 1.31 bits per heavy atom. The Balaban J connectivity index is 2.03. The third kappa shape index (κ3) is 6.12. The van der Waals surface area contributed by atoms with Gasteiger partial charge in [0.2, 0.25) is 0 Å². The van der Waals surface area contributed by atoms with Gasteiger partial charge in [-0.3, -0.25) is 0 Å². The third-order valence-corrected chi connectivity index (χ3v) is 4.37. The fourth-order valence-corrected chi connectivity index (χ4v) is 2.78. The van der Waals surface area contributed by atoms with E-state index in [4.69, 9.17) is 0 Å². The van der Waals surface area contributed by atoms with Crippen molar-refractivity contribution in [3.63, 3.8) is 0 Å². The maximum Gasteiger partial charge on any atom is 0.0610 e. The average Bonchev–Trinajstić information content (AvgIpc) is 3.07. The van der Waals surface area contributed by atoms with Crippen molar-refractivity contribution in [2.24, 2.45) is 0 Å². The van der Waals surface area contributed by atoms with E-state index in [2.05, 4.69) is 30.9 Å². The second-order valence-corrected chi connectivity index (χ2v) is 6.43. The van der Waals surface area contributed by atoms with E-state index in [0.717, 1.165) is 6.42 Å². The van der Waals surface area contributed by atoms with Crippen molar-refractivity contribution in [1.29, 1.82) is 0 Å². The van der Waals surface area contributed by atoms with Crippen LogP contribution in [0.3, 0.4) is 0 Å². The van der Waals surface area contributed by atoms with Gasteiger partial charge in [0, 0.05) is 11.6 Å². The molecule has 0 bridgehead atoms. The van der Waals surface area contributed by atoms with Crippen molar-refractivity contribution in [3.05, 3.63) is 0 Å². The molecule has 1 rings (SSSR count). The number of hydrogen-bond acceptors (Lipinski definition) is 3. The molecule has 0 heterocycles. The summed E-state index contributed by atoms with van der Waals surface area (Å²) in [7, 11) is 0. The second kappa shape index (κ2) is 7.57. The van der Waals surface area contributed by atoms with E-state index in [1.54, 1.807) is 0 Å². The van der Waals surface area contributed by atoms with Crippen LogP contribution in [0.2, 0.25) is 0 Å². The topological polar surface area (TPSA) is 32.3 Å². The van der Waals surface area contributed by atoms with Crippen LogP contribution < -0.4 is 5.32 Å². The summed E-state index contributed by atoms with van der Waals surface area (Å²) < 4.78 is 0. The first-order valence-electron chi connectivity index (χ1n) is 6.66. The molecule has 16 heavy (non-hydrogen) atoms. The summed E-state index contributed by atoms with van der Waals surface area (Å²) in [5, 5.41) is 13.0. The zero-order chi connectivity index (χ0) is 11.9. The summed E-state index contributed by atoms with van der Waals surface area (Å²) >= 11 is 2.05. The van der Waals surface area contributed by atoms with Crippen LogP contribution in [0, 0.1) is 0 Å². The molecule has 96 valence electrons. The second-order valence-electron chi connectivity index (χ2n) is 5.21. The molecule has 0 spiro atoms. The number of rotatable bonds is 10. The summed E-state index contributed by atoms with van der Waals surface area (Å²) in [4.78, 5) is 0. The van der Waals surface area contributed by atoms with Crippen LogP contribution in [0.4, 0.5) is 0 Å². The molecular formula is C13H27NOS. The van der Waals surface area contributed by atoms with Crippen molar-refractivity contribution in [2.45, 2.75) is 64.0 Å². The van der Waals surface area contributed by atoms with Gasteiger partial charge in [0.1, 0.15) is 0 Å². The van der Waals surface area contributed by atoms with Gasteiger partial charge < -0.3 is 10.4 Å². The SMILES string of the molecule is CCCSCCCCC(C)(CO)NC1CC1. The highest BCUT2D eigenvalue weighted by molar-refractivity contribution is 7.99. The smallest absolute Gasteiger partial charge is 0.0610 e. The van der Waals surface area contributed by atoms with Crippen LogP contribution in [0.25, 0.3) is 0 Å². The van der Waals surface area contributed by atoms with Crippen molar-refractivity contribution >= 4 is 11.8 Å². The minimum Gasteiger partial charge on any atom is -0.394 e. The van der Waals surface area contributed by atoms with Crippen LogP contribution in [-0.4, -0.2) is 34.8 Å². The average molecular weight is 245 g/mol. The number of aliphatic hydroxyl groups is 1. The molecule has 0 aromatic rings. The van der Waals surface area contributed by atoms with Crippen molar-refractivity contribution in [1.82, 2.24) is 5.32 Å². The van der Waals surface area contributed by atoms with Crippen LogP contribution in [0.15, 0.2) is 0 Å². The quantitative estimate of drug-likeness (QED) is 0.581. The van der Waals surface area contributed by atoms with E-state index in [-0.39, 0.29) is 12.1 Å². The van der Waals surface area contributed by atoms with Crippen LogP contribution in [0.5, 0.6) is 0 Å². The Kier molecular flexibility index (Phi) is 6.78. The molecule has 3 heteroatoms. The van der Waals surface area contributed by atoms with Crippen molar-refractivity contribution in [2.75, 3.05) is 18.1 Å². The van der Waals surface area contributed by atoms with Crippen molar-refractivity contribution < 1.29 is 5.11 Å². The fourth-order valence-electron chi connectivity index (χ4n) is 1.88. The van der Waals surface area contributed by atoms with Crippen molar-refractivity contribution in [3.8, 4) is 0 Å². The molecule has 0 aromatic heterocycles. The zero-order valence-corrected chi connectivity index (χ0v) is 11.6. The Labute approximate surface area is 105 Å². The number of hydrogen-bond donors (Lipinski definition) is 2. The minimum atomic E-state index is -0.0312. The first-order chi connectivity index (χ1) is 7.70. The number of unbranched alkanes of at least 4 members (excludes halogenated alkanes) is 1. The number of aliphatic hydroxyl groups excluding tert-OH is 1. The lowest BCUT2D eigenvalue weighted by molar-refractivity contribution is 0.161. The first-order valence-corrected chi connectivity index (χ1v) is 7.82. The van der Waals surface area contributed by atoms with Crippen LogP contribution >= 0.6 is 11.8 Å². The van der Waals surface area contributed by atoms with Gasteiger partial charge in [0.15, 0.2) is 0 Å². The lowest BCUT2D eigenvalue weighted by Crippen LogP contribution is -2.46. The largest absolute Gasteiger partial charge is 0.394 e. The highest BCUT2D eigenvalue weighted by atomic mass is 32.2. The van der Waals surface area contributed by atoms with E-state index in [1.165, 1.54) is 43.6 Å². The maximum absolute atomic E-state index is 9.43. The molecule has 1 atom stereocenters. The van der Waals surface area contributed by atoms with Gasteiger partial charge in [-0.25, -0.2) is 0 Å². The molecule has 0 saturated heterocycles. The lowest BCUT2D eigenvalue weighted by atomic mass is 9.96. The van der Waals surface area contributed by atoms with Crippen LogP contribution in [-0.2, 0) is 0 Å². The summed E-state index contributed by atoms with van der Waals surface area (Å²) in [5.41, 5.74) is -0.0312. The normalized spacial score (nSPS) is 19.7. The van der Waals surface area contributed by atoms with Gasteiger partial charge >= 0.3 is 0 Å². The maximum atomic E-state index is 9.43. The fraction of sp³-hybridized carbons (Fsp3) is 1.00. The van der Waals surface area contributed by atoms with E-state index in [0.29, 0.717) is 6.04 Å². The molecule has 2 nitrogen and oxygen atoms in total. The molecule has 1 aliphatic rings. The molecule has 1 saturated carbocycles. The molecule has 1 unspecified atom stereocenters. The molecule has 0 aromatic carbocycles. The minimum absolute atomic E-state index is 0.0312. The van der Waals surface area contributed by atoms with Gasteiger partial charge in [-0.1, -0.05) is 13.3 Å². The summed E-state index contributed by atoms with van der Waals surface area (Å²) in [6.45, 7) is 4.66. The summed E-state index contributed by atoms with van der Waals surface area (Å²) in [5.74, 6) is 2.57. The Morgan fingerprint density at radius 3 is 2.62 bits per heavy atom. The molecule has 1 fully saturated rings. The Bertz CT molecular complexity index is 185. The highest BCUT2D eigenvalue weighted by Gasteiger charge is 2.31. The predicted molar refractivity (Wildman–Crippen MR) is 73.1 cm³/mol. The van der Waals surface area contributed by atoms with Crippen LogP contribution in [0.1, 0.15) is 52.4 Å². The molecule has 0 radical (unpaired) electrons. The Morgan fingerprint density at radius 2 is 2.06 bits per heavy atom. The van der Waals surface area contributed by atoms with Gasteiger partial charge in [-0.2, -0.15) is 11.8 Å². The summed E-state index contributed by atoms with van der Waals surface area (Å²) in [6, 6.07) is 0.687. The predicted octanol–water partition coefficient (Wildman–Crippen LogP) is 2.80. The molecule has 2 N–H and O–H groups in total. The monoisotopic (exact) mass is 245 g/mol. The van der Waals surface area contributed by atoms with Gasteiger partial charge in [-0.15, -0.1) is 0 Å². The van der Waals surface area contributed by atoms with Gasteiger partial charge in [0.25, 0.3) is 0 Å². The van der Waals surface area contributed by atoms with E-state index in [9.17, 15) is 5.11 Å². The number of thioether (sulfide) groups is 1. The zero-order valence-electron chi connectivity index (χ0n) is 10.8. The van der Waals surface area contributed by atoms with Gasteiger partial charge in [0.05, 0.1) is 6.61 Å². The van der Waals surface area contributed by atoms with Gasteiger partial charge in [-0.05, 0) is 50.5 Å².